The summed E-state index contributed by atoms with van der Waals surface area (Å²) in [7, 11) is 0. The molecule has 1 aromatic carbocycles. The minimum Gasteiger partial charge on any atom is -0.487 e. The zero-order valence-electron chi connectivity index (χ0n) is 11.1. The standard InChI is InChI=1S/C11H13N3O3.C2H6/c12-3-5-16-9-2-1-8(11(13)14)7-10(9)17-6-4-15;1-2/h1-2,7,15H,4-6H2,(H3,13,14);1-2H3. The molecule has 0 saturated carbocycles. The molecule has 0 spiro atoms. The van der Waals surface area contributed by atoms with Crippen molar-refractivity contribution < 1.29 is 14.6 Å². The fraction of sp³-hybridized carbons (Fsp3) is 0.385. The quantitative estimate of drug-likeness (QED) is 0.529. The second-order valence-corrected chi connectivity index (χ2v) is 3.09. The number of hydrogen-bond donors (Lipinski definition) is 3. The van der Waals surface area contributed by atoms with E-state index in [0.717, 1.165) is 0 Å². The van der Waals surface area contributed by atoms with Gasteiger partial charge in [0.05, 0.1) is 6.61 Å². The third-order valence-corrected chi connectivity index (χ3v) is 1.90. The van der Waals surface area contributed by atoms with Crippen LogP contribution in [-0.4, -0.2) is 30.8 Å². The number of rotatable bonds is 6. The Hall–Kier alpha value is -2.26. The predicted molar refractivity (Wildman–Crippen MR) is 72.5 cm³/mol. The summed E-state index contributed by atoms with van der Waals surface area (Å²) in [5.41, 5.74) is 5.83. The van der Waals surface area contributed by atoms with Gasteiger partial charge in [0, 0.05) is 5.56 Å². The topological polar surface area (TPSA) is 112 Å². The first-order chi connectivity index (χ1) is 9.19. The minimum absolute atomic E-state index is 0.0920. The predicted octanol–water partition coefficient (Wildman–Crippen LogP) is 1.27. The molecule has 0 aromatic heterocycles. The third-order valence-electron chi connectivity index (χ3n) is 1.90. The lowest BCUT2D eigenvalue weighted by atomic mass is 10.2. The fourth-order valence-electron chi connectivity index (χ4n) is 1.17. The Morgan fingerprint density at radius 2 is 2.05 bits per heavy atom. The molecule has 0 atom stereocenters. The molecule has 0 radical (unpaired) electrons. The van der Waals surface area contributed by atoms with Crippen LogP contribution in [0, 0.1) is 16.7 Å². The Bertz CT molecular complexity index is 441. The van der Waals surface area contributed by atoms with E-state index in [1.807, 2.05) is 19.9 Å². The van der Waals surface area contributed by atoms with Crippen molar-refractivity contribution in [3.05, 3.63) is 23.8 Å². The fourth-order valence-corrected chi connectivity index (χ4v) is 1.17. The third kappa shape index (κ3) is 5.75. The summed E-state index contributed by atoms with van der Waals surface area (Å²) in [5, 5.41) is 24.4. The molecule has 0 saturated heterocycles. The number of aliphatic hydroxyl groups excluding tert-OH is 1. The van der Waals surface area contributed by atoms with Crippen molar-refractivity contribution in [3.8, 4) is 17.6 Å². The highest BCUT2D eigenvalue weighted by atomic mass is 16.5. The Labute approximate surface area is 112 Å². The number of nitrogen functional groups attached to an aromatic ring is 1. The molecule has 4 N–H and O–H groups in total. The Balaban J connectivity index is 0.00000154. The number of nitrogens with two attached hydrogens (primary N) is 1. The van der Waals surface area contributed by atoms with Gasteiger partial charge < -0.3 is 20.3 Å². The van der Waals surface area contributed by atoms with E-state index in [-0.39, 0.29) is 25.7 Å². The van der Waals surface area contributed by atoms with Crippen molar-refractivity contribution in [2.75, 3.05) is 19.8 Å². The van der Waals surface area contributed by atoms with Crippen LogP contribution in [0.1, 0.15) is 19.4 Å². The van der Waals surface area contributed by atoms with Crippen LogP contribution in [0.15, 0.2) is 18.2 Å². The lowest BCUT2D eigenvalue weighted by molar-refractivity contribution is 0.195. The van der Waals surface area contributed by atoms with Gasteiger partial charge in [-0.1, -0.05) is 13.8 Å². The second kappa shape index (κ2) is 9.74. The molecule has 0 fully saturated rings. The van der Waals surface area contributed by atoms with Gasteiger partial charge in [0.25, 0.3) is 0 Å². The maximum atomic E-state index is 8.69. The molecule has 1 aromatic rings. The van der Waals surface area contributed by atoms with E-state index in [4.69, 9.17) is 31.0 Å². The summed E-state index contributed by atoms with van der Waals surface area (Å²) < 4.78 is 10.4. The molecule has 0 aliphatic heterocycles. The van der Waals surface area contributed by atoms with E-state index >= 15 is 0 Å². The van der Waals surface area contributed by atoms with Gasteiger partial charge in [-0.05, 0) is 18.2 Å². The minimum atomic E-state index is -0.137. The highest BCUT2D eigenvalue weighted by molar-refractivity contribution is 5.95. The molecule has 0 amide bonds. The monoisotopic (exact) mass is 265 g/mol. The van der Waals surface area contributed by atoms with Crippen LogP contribution in [0.4, 0.5) is 0 Å². The number of hydrogen-bond acceptors (Lipinski definition) is 5. The Kier molecular flexibility index (Phi) is 8.58. The molecule has 6 heteroatoms. The van der Waals surface area contributed by atoms with Crippen molar-refractivity contribution in [3.63, 3.8) is 0 Å². The van der Waals surface area contributed by atoms with Crippen molar-refractivity contribution in [2.24, 2.45) is 5.73 Å². The van der Waals surface area contributed by atoms with Crippen LogP contribution in [-0.2, 0) is 0 Å². The number of amidine groups is 1. The van der Waals surface area contributed by atoms with Gasteiger partial charge in [-0.25, -0.2) is 0 Å². The molecule has 1 rings (SSSR count). The summed E-state index contributed by atoms with van der Waals surface area (Å²) in [6.45, 7) is 3.86. The average molecular weight is 265 g/mol. The van der Waals surface area contributed by atoms with Crippen LogP contribution in [0.3, 0.4) is 0 Å². The first-order valence-corrected chi connectivity index (χ1v) is 5.91. The number of benzene rings is 1. The van der Waals surface area contributed by atoms with Crippen molar-refractivity contribution in [1.29, 1.82) is 10.7 Å². The lowest BCUT2D eigenvalue weighted by Crippen LogP contribution is -2.12. The molecular formula is C13H19N3O3. The van der Waals surface area contributed by atoms with Gasteiger partial charge >= 0.3 is 0 Å². The van der Waals surface area contributed by atoms with Crippen molar-refractivity contribution in [2.45, 2.75) is 13.8 Å². The van der Waals surface area contributed by atoms with Gasteiger partial charge in [0.1, 0.15) is 18.5 Å². The van der Waals surface area contributed by atoms with E-state index < -0.39 is 0 Å². The summed E-state index contributed by atoms with van der Waals surface area (Å²) in [6.07, 6.45) is 0. The summed E-state index contributed by atoms with van der Waals surface area (Å²) in [6, 6.07) is 6.54. The average Bonchev–Trinajstić information content (AvgIpc) is 2.45. The number of aliphatic hydroxyl groups is 1. The highest BCUT2D eigenvalue weighted by Crippen LogP contribution is 2.28. The zero-order valence-corrected chi connectivity index (χ0v) is 11.1. The van der Waals surface area contributed by atoms with E-state index in [1.165, 1.54) is 6.07 Å². The first kappa shape index (κ1) is 16.7. The summed E-state index contributed by atoms with van der Waals surface area (Å²) in [4.78, 5) is 0. The molecule has 0 aliphatic rings. The first-order valence-electron chi connectivity index (χ1n) is 5.91. The van der Waals surface area contributed by atoms with Gasteiger partial charge in [0.2, 0.25) is 0 Å². The molecule has 0 unspecified atom stereocenters. The van der Waals surface area contributed by atoms with E-state index in [1.54, 1.807) is 12.1 Å². The smallest absolute Gasteiger partial charge is 0.174 e. The van der Waals surface area contributed by atoms with Crippen LogP contribution in [0.5, 0.6) is 11.5 Å². The van der Waals surface area contributed by atoms with Crippen LogP contribution < -0.4 is 15.2 Å². The normalized spacial score (nSPS) is 8.74. The Morgan fingerprint density at radius 3 is 2.58 bits per heavy atom. The van der Waals surface area contributed by atoms with Crippen molar-refractivity contribution in [1.82, 2.24) is 0 Å². The van der Waals surface area contributed by atoms with E-state index in [0.29, 0.717) is 17.1 Å². The molecule has 6 nitrogen and oxygen atoms in total. The van der Waals surface area contributed by atoms with Gasteiger partial charge in [-0.2, -0.15) is 5.26 Å². The number of ether oxygens (including phenoxy) is 2. The van der Waals surface area contributed by atoms with Gasteiger partial charge in [-0.15, -0.1) is 0 Å². The number of nitriles is 1. The largest absolute Gasteiger partial charge is 0.487 e. The maximum absolute atomic E-state index is 8.69. The van der Waals surface area contributed by atoms with E-state index in [9.17, 15) is 0 Å². The number of nitrogens with zero attached hydrogens (tertiary/aromatic N) is 1. The summed E-state index contributed by atoms with van der Waals surface area (Å²) >= 11 is 0. The SMILES string of the molecule is CC.N#CCOc1ccc(C(=N)N)cc1OCCO. The molecule has 19 heavy (non-hydrogen) atoms. The van der Waals surface area contributed by atoms with Gasteiger partial charge in [0.15, 0.2) is 18.1 Å². The van der Waals surface area contributed by atoms with E-state index in [2.05, 4.69) is 0 Å². The maximum Gasteiger partial charge on any atom is 0.174 e. The molecule has 0 bridgehead atoms. The molecule has 0 heterocycles. The van der Waals surface area contributed by atoms with Crippen LogP contribution >= 0.6 is 0 Å². The molecule has 0 aliphatic carbocycles. The molecular weight excluding hydrogens is 246 g/mol. The van der Waals surface area contributed by atoms with Crippen molar-refractivity contribution >= 4 is 5.84 Å². The van der Waals surface area contributed by atoms with Crippen LogP contribution in [0.25, 0.3) is 0 Å². The second-order valence-electron chi connectivity index (χ2n) is 3.09. The molecule has 104 valence electrons. The summed E-state index contributed by atoms with van der Waals surface area (Å²) in [5.74, 6) is 0.637. The van der Waals surface area contributed by atoms with Gasteiger partial charge in [-0.3, -0.25) is 5.41 Å². The number of nitrogens with one attached hydrogen (secondary N) is 1. The zero-order chi connectivity index (χ0) is 14.7. The Morgan fingerprint density at radius 1 is 1.37 bits per heavy atom. The highest BCUT2D eigenvalue weighted by Gasteiger charge is 2.08. The van der Waals surface area contributed by atoms with Crippen LogP contribution in [0.2, 0.25) is 0 Å². The lowest BCUT2D eigenvalue weighted by Gasteiger charge is -2.11.